The molecule has 3 unspecified atom stereocenters. The van der Waals surface area contributed by atoms with Crippen LogP contribution in [0.2, 0.25) is 0 Å². The number of carbonyl (C=O) groups excluding carboxylic acids is 1. The molecule has 3 saturated heterocycles. The van der Waals surface area contributed by atoms with Gasteiger partial charge in [0.05, 0.1) is 24.7 Å². The van der Waals surface area contributed by atoms with Gasteiger partial charge in [-0.1, -0.05) is 0 Å². The average molecular weight is 440 g/mol. The van der Waals surface area contributed by atoms with E-state index in [9.17, 15) is 9.90 Å². The number of rotatable bonds is 2. The van der Waals surface area contributed by atoms with Gasteiger partial charge in [-0.25, -0.2) is 0 Å². The Morgan fingerprint density at radius 2 is 2.00 bits per heavy atom. The average Bonchev–Trinajstić information content (AvgIpc) is 3.46. The molecule has 4 aliphatic heterocycles. The van der Waals surface area contributed by atoms with Crippen LogP contribution >= 0.6 is 0 Å². The van der Waals surface area contributed by atoms with Gasteiger partial charge in [0.15, 0.2) is 11.9 Å². The van der Waals surface area contributed by atoms with Gasteiger partial charge < -0.3 is 33.5 Å². The lowest BCUT2D eigenvalue weighted by atomic mass is 9.78. The number of phenols is 1. The fourth-order valence-electron chi connectivity index (χ4n) is 6.55. The molecule has 3 fully saturated rings. The highest BCUT2D eigenvalue weighted by Gasteiger charge is 2.89. The normalized spacial score (nSPS) is 38.1. The van der Waals surface area contributed by atoms with Gasteiger partial charge in [0, 0.05) is 30.0 Å². The molecule has 2 aromatic carbocycles. The molecule has 2 bridgehead atoms. The van der Waals surface area contributed by atoms with E-state index < -0.39 is 29.4 Å². The van der Waals surface area contributed by atoms with Crippen molar-refractivity contribution in [1.29, 1.82) is 0 Å². The number of phenolic OH excluding ortho intramolecular Hbond substituents is 1. The lowest BCUT2D eigenvalue weighted by Crippen LogP contribution is -2.66. The zero-order valence-electron chi connectivity index (χ0n) is 18.4. The topological polar surface area (TPSA) is 96.0 Å². The van der Waals surface area contributed by atoms with Crippen molar-refractivity contribution < 1.29 is 38.3 Å². The number of aromatic hydroxyl groups is 1. The van der Waals surface area contributed by atoms with Crippen molar-refractivity contribution in [3.8, 4) is 17.2 Å². The fourth-order valence-corrected chi connectivity index (χ4v) is 6.55. The molecule has 0 saturated carbocycles. The van der Waals surface area contributed by atoms with Crippen LogP contribution in [0.4, 0.5) is 0 Å². The van der Waals surface area contributed by atoms with Crippen molar-refractivity contribution in [1.82, 2.24) is 0 Å². The number of benzene rings is 2. The summed E-state index contributed by atoms with van der Waals surface area (Å²) in [4.78, 5) is 12.8. The second-order valence-electron chi connectivity index (χ2n) is 9.48. The maximum Gasteiger partial charge on any atom is 0.276 e. The lowest BCUT2D eigenvalue weighted by molar-refractivity contribution is -0.284. The first-order chi connectivity index (χ1) is 15.3. The molecule has 1 spiro atoms. The summed E-state index contributed by atoms with van der Waals surface area (Å²) in [7, 11) is 3.16. The minimum Gasteiger partial charge on any atom is -0.506 e. The van der Waals surface area contributed by atoms with Gasteiger partial charge in [0.25, 0.3) is 5.79 Å². The highest BCUT2D eigenvalue weighted by Crippen LogP contribution is 2.70. The van der Waals surface area contributed by atoms with Crippen molar-refractivity contribution in [2.45, 2.75) is 62.5 Å². The van der Waals surface area contributed by atoms with E-state index in [-0.39, 0.29) is 11.5 Å². The summed E-state index contributed by atoms with van der Waals surface area (Å²) in [5.74, 6) is -1.35. The molecule has 1 aliphatic carbocycles. The van der Waals surface area contributed by atoms with E-state index in [1.807, 2.05) is 19.9 Å². The smallest absolute Gasteiger partial charge is 0.276 e. The van der Waals surface area contributed by atoms with Crippen molar-refractivity contribution in [3.63, 3.8) is 0 Å². The van der Waals surface area contributed by atoms with Gasteiger partial charge in [0.1, 0.15) is 23.4 Å². The van der Waals surface area contributed by atoms with Crippen molar-refractivity contribution in [3.05, 3.63) is 28.3 Å². The van der Waals surface area contributed by atoms with E-state index in [0.29, 0.717) is 47.3 Å². The highest BCUT2D eigenvalue weighted by molar-refractivity contribution is 6.11. The van der Waals surface area contributed by atoms with E-state index >= 15 is 0 Å². The summed E-state index contributed by atoms with van der Waals surface area (Å²) in [5, 5.41) is 12.6. The van der Waals surface area contributed by atoms with Crippen LogP contribution in [-0.2, 0) is 25.4 Å². The van der Waals surface area contributed by atoms with Crippen molar-refractivity contribution >= 4 is 16.6 Å². The summed E-state index contributed by atoms with van der Waals surface area (Å²) in [6, 6.07) is 1.97. The lowest BCUT2D eigenvalue weighted by Gasteiger charge is -2.47. The Morgan fingerprint density at radius 1 is 1.22 bits per heavy atom. The quantitative estimate of drug-likeness (QED) is 0.712. The Morgan fingerprint density at radius 3 is 2.69 bits per heavy atom. The first kappa shape index (κ1) is 19.1. The number of ether oxygens (including phenoxy) is 6. The molecule has 4 heterocycles. The number of hydrogen-bond acceptors (Lipinski definition) is 8. The molecule has 8 heteroatoms. The number of fused-ring (bicyclic) bond motifs is 8. The molecule has 2 aromatic rings. The van der Waals surface area contributed by atoms with Gasteiger partial charge in [-0.3, -0.25) is 4.79 Å². The number of ketones is 1. The molecule has 8 nitrogen and oxygen atoms in total. The van der Waals surface area contributed by atoms with Gasteiger partial charge in [-0.15, -0.1) is 0 Å². The first-order valence-electron chi connectivity index (χ1n) is 11.0. The zero-order valence-corrected chi connectivity index (χ0v) is 18.4. The molecule has 0 aromatic heterocycles. The molecule has 32 heavy (non-hydrogen) atoms. The first-order valence-corrected chi connectivity index (χ1v) is 11.0. The molecule has 168 valence electrons. The molecule has 0 amide bonds. The van der Waals surface area contributed by atoms with Crippen LogP contribution in [0.25, 0.3) is 10.8 Å². The Bertz CT molecular complexity index is 1250. The minimum absolute atomic E-state index is 0.0757. The number of Topliss-reactive ketones (excluding diaryl/α,β-unsaturated/α-hetero) is 1. The Hall–Kier alpha value is -2.39. The van der Waals surface area contributed by atoms with Crippen molar-refractivity contribution in [2.24, 2.45) is 0 Å². The summed E-state index contributed by atoms with van der Waals surface area (Å²) < 4.78 is 37.0. The molecular weight excluding hydrogens is 416 g/mol. The largest absolute Gasteiger partial charge is 0.506 e. The Balaban J connectivity index is 1.59. The summed E-state index contributed by atoms with van der Waals surface area (Å²) in [6.45, 7) is 4.21. The number of aryl methyl sites for hydroxylation is 1. The predicted octanol–water partition coefficient (Wildman–Crippen LogP) is 3.07. The molecule has 5 aliphatic rings. The Kier molecular flexibility index (Phi) is 3.32. The van der Waals surface area contributed by atoms with Crippen LogP contribution in [0.5, 0.6) is 17.2 Å². The maximum absolute atomic E-state index is 12.8. The molecule has 7 rings (SSSR count). The van der Waals surface area contributed by atoms with Gasteiger partial charge in [-0.2, -0.15) is 0 Å². The van der Waals surface area contributed by atoms with Crippen LogP contribution in [0.3, 0.4) is 0 Å². The van der Waals surface area contributed by atoms with Gasteiger partial charge >= 0.3 is 0 Å². The van der Waals surface area contributed by atoms with Crippen LogP contribution in [0, 0.1) is 6.92 Å². The van der Waals surface area contributed by atoms with E-state index in [2.05, 4.69) is 0 Å². The monoisotopic (exact) mass is 440 g/mol. The number of hydrogen-bond donors (Lipinski definition) is 1. The third-order valence-electron chi connectivity index (χ3n) is 8.06. The van der Waals surface area contributed by atoms with E-state index in [4.69, 9.17) is 28.4 Å². The minimum atomic E-state index is -1.22. The zero-order chi connectivity index (χ0) is 22.2. The third-order valence-corrected chi connectivity index (χ3v) is 8.06. The van der Waals surface area contributed by atoms with E-state index in [1.54, 1.807) is 14.2 Å². The van der Waals surface area contributed by atoms with Crippen LogP contribution in [0.1, 0.15) is 52.9 Å². The molecular formula is C24H24O8. The van der Waals surface area contributed by atoms with E-state index in [1.165, 1.54) is 0 Å². The maximum atomic E-state index is 12.8. The van der Waals surface area contributed by atoms with Crippen LogP contribution < -0.4 is 9.47 Å². The SMILES string of the molecule is COc1c2c(c(O)c3c4c(c(C)cc13)C1OC3(C)OC1[C@@](OC)(O4)[C@@]31CO1)C(=O)CCC2. The summed E-state index contributed by atoms with van der Waals surface area (Å²) in [5.41, 5.74) is 1.89. The van der Waals surface area contributed by atoms with E-state index in [0.717, 1.165) is 23.1 Å². The molecule has 5 atom stereocenters. The molecule has 1 N–H and O–H groups in total. The van der Waals surface area contributed by atoms with Gasteiger partial charge in [-0.05, 0) is 38.3 Å². The second kappa shape index (κ2) is 5.56. The summed E-state index contributed by atoms with van der Waals surface area (Å²) in [6.07, 6.45) is 0.813. The second-order valence-corrected chi connectivity index (χ2v) is 9.48. The van der Waals surface area contributed by atoms with Gasteiger partial charge in [0.2, 0.25) is 11.4 Å². The summed E-state index contributed by atoms with van der Waals surface area (Å²) >= 11 is 0. The highest BCUT2D eigenvalue weighted by atomic mass is 16.9. The third kappa shape index (κ3) is 1.79. The number of carbonyl (C=O) groups is 1. The van der Waals surface area contributed by atoms with Crippen molar-refractivity contribution in [2.75, 3.05) is 20.8 Å². The number of methoxy groups -OCH3 is 2. The van der Waals surface area contributed by atoms with Crippen LogP contribution in [0.15, 0.2) is 6.07 Å². The number of epoxide rings is 1. The standard InChI is InChI=1S/C24H24O8/c1-10-8-12-16(17(26)15-11(18(12)27-3)6-5-7-13(15)25)19-14(10)20-21-24(28-4,31-19)23(9-29-23)22(2,30-20)32-21/h8,20-21,26H,5-7,9H2,1-4H3/t20?,21?,22?,23-,24-/m1/s1. The molecule has 0 radical (unpaired) electrons. The Labute approximate surface area is 184 Å². The fraction of sp³-hybridized carbons (Fsp3) is 0.542. The van der Waals surface area contributed by atoms with Crippen LogP contribution in [-0.4, -0.2) is 55.0 Å². The predicted molar refractivity (Wildman–Crippen MR) is 110 cm³/mol.